The van der Waals surface area contributed by atoms with Crippen molar-refractivity contribution in [3.05, 3.63) is 17.6 Å². The second-order valence-electron chi connectivity index (χ2n) is 4.10. The number of hydrogen-bond donors (Lipinski definition) is 1. The summed E-state index contributed by atoms with van der Waals surface area (Å²) in [5, 5.41) is 7.90. The van der Waals surface area contributed by atoms with Crippen molar-refractivity contribution in [2.24, 2.45) is 7.05 Å². The smallest absolute Gasteiger partial charge is 0.264 e. The molecule has 0 saturated carbocycles. The van der Waals surface area contributed by atoms with Gasteiger partial charge in [-0.25, -0.2) is 4.98 Å². The third kappa shape index (κ3) is 2.39. The first kappa shape index (κ1) is 16.2. The molecule has 122 valence electrons. The van der Waals surface area contributed by atoms with Crippen LogP contribution in [0.4, 0.5) is 35.1 Å². The molecule has 0 amide bonds. The zero-order valence-electron chi connectivity index (χ0n) is 10.4. The van der Waals surface area contributed by atoms with E-state index in [1.165, 1.54) is 0 Å². The second kappa shape index (κ2) is 4.64. The maximum absolute atomic E-state index is 13.3. The summed E-state index contributed by atoms with van der Waals surface area (Å²) in [6.45, 7) is 0. The van der Waals surface area contributed by atoms with E-state index in [1.807, 2.05) is 5.10 Å². The summed E-state index contributed by atoms with van der Waals surface area (Å²) in [5.41, 5.74) is -5.75. The molecule has 0 unspecified atom stereocenters. The molecule has 0 aliphatic rings. The van der Waals surface area contributed by atoms with Crippen LogP contribution in [0.5, 0.6) is 0 Å². The topological polar surface area (TPSA) is 59.4 Å². The molecule has 2 rings (SSSR count). The van der Waals surface area contributed by atoms with Crippen LogP contribution in [0.3, 0.4) is 0 Å². The summed E-state index contributed by atoms with van der Waals surface area (Å²) < 4.78 is 103. The number of hydrogen-bond acceptors (Lipinski definition) is 3. The van der Waals surface area contributed by atoms with E-state index in [0.717, 1.165) is 13.4 Å². The zero-order chi connectivity index (χ0) is 16.9. The van der Waals surface area contributed by atoms with Gasteiger partial charge >= 0.3 is 18.3 Å². The first-order valence-electron chi connectivity index (χ1n) is 5.32. The summed E-state index contributed by atoms with van der Waals surface area (Å²) in [6, 6.07) is 0. The Balaban J connectivity index is 2.81. The van der Waals surface area contributed by atoms with Gasteiger partial charge in [-0.1, -0.05) is 0 Å². The van der Waals surface area contributed by atoms with Gasteiger partial charge in [-0.3, -0.25) is 9.78 Å². The number of alkyl halides is 8. The lowest BCUT2D eigenvalue weighted by molar-refractivity contribution is -0.292. The van der Waals surface area contributed by atoms with Gasteiger partial charge in [0, 0.05) is 7.05 Å². The van der Waals surface area contributed by atoms with Crippen LogP contribution in [0.2, 0.25) is 0 Å². The molecule has 0 saturated heterocycles. The van der Waals surface area contributed by atoms with Crippen molar-refractivity contribution < 1.29 is 35.1 Å². The van der Waals surface area contributed by atoms with Gasteiger partial charge in [0.25, 0.3) is 0 Å². The molecule has 22 heavy (non-hydrogen) atoms. The van der Waals surface area contributed by atoms with Crippen LogP contribution in [0, 0.1) is 0 Å². The van der Waals surface area contributed by atoms with Gasteiger partial charge < -0.3 is 0 Å². The predicted octanol–water partition coefficient (Wildman–Crippen LogP) is 2.88. The molecule has 0 radical (unpaired) electrons. The summed E-state index contributed by atoms with van der Waals surface area (Å²) in [5.74, 6) is -6.43. The van der Waals surface area contributed by atoms with Gasteiger partial charge in [0.1, 0.15) is 17.6 Å². The third-order valence-electron chi connectivity index (χ3n) is 2.62. The summed E-state index contributed by atoms with van der Waals surface area (Å²) in [4.78, 5) is 3.33. The Morgan fingerprint density at radius 1 is 1.05 bits per heavy atom. The number of H-pyrrole nitrogens is 1. The number of rotatable bonds is 2. The minimum atomic E-state index is -6.24. The minimum Gasteiger partial charge on any atom is -0.264 e. The van der Waals surface area contributed by atoms with Crippen molar-refractivity contribution in [2.45, 2.75) is 18.3 Å². The SMILES string of the molecule is Cn1nc(C(F)(F)C(F)(F)F)c(C(F)(F)F)c1-c1ncn[nH]1. The maximum Gasteiger partial charge on any atom is 0.459 e. The summed E-state index contributed by atoms with van der Waals surface area (Å²) in [6.07, 6.45) is -11.0. The number of nitrogens with zero attached hydrogens (tertiary/aromatic N) is 4. The van der Waals surface area contributed by atoms with Gasteiger partial charge in [0.2, 0.25) is 0 Å². The molecule has 2 heterocycles. The molecular weight excluding hydrogens is 330 g/mol. The Bertz CT molecular complexity index is 665. The molecule has 13 heteroatoms. The van der Waals surface area contributed by atoms with Gasteiger partial charge in [-0.2, -0.15) is 45.3 Å². The van der Waals surface area contributed by atoms with E-state index in [9.17, 15) is 35.1 Å². The van der Waals surface area contributed by atoms with Gasteiger partial charge in [-0.05, 0) is 0 Å². The summed E-state index contributed by atoms with van der Waals surface area (Å²) >= 11 is 0. The largest absolute Gasteiger partial charge is 0.459 e. The van der Waals surface area contributed by atoms with Gasteiger partial charge in [0.05, 0.1) is 0 Å². The third-order valence-corrected chi connectivity index (χ3v) is 2.62. The quantitative estimate of drug-likeness (QED) is 0.859. The normalized spacial score (nSPS) is 13.7. The molecule has 0 spiro atoms. The van der Waals surface area contributed by atoms with E-state index in [0.29, 0.717) is 0 Å². The summed E-state index contributed by atoms with van der Waals surface area (Å²) in [7, 11) is 0.781. The molecule has 2 aromatic heterocycles. The van der Waals surface area contributed by atoms with Crippen LogP contribution >= 0.6 is 0 Å². The van der Waals surface area contributed by atoms with Crippen molar-refractivity contribution in [3.63, 3.8) is 0 Å². The molecule has 0 aromatic carbocycles. The van der Waals surface area contributed by atoms with Crippen molar-refractivity contribution in [2.75, 3.05) is 0 Å². The fourth-order valence-electron chi connectivity index (χ4n) is 1.74. The fourth-order valence-corrected chi connectivity index (χ4v) is 1.74. The van der Waals surface area contributed by atoms with E-state index in [4.69, 9.17) is 0 Å². The van der Waals surface area contributed by atoms with Crippen LogP contribution in [-0.4, -0.2) is 31.1 Å². The number of halogens is 8. The van der Waals surface area contributed by atoms with Crippen LogP contribution < -0.4 is 0 Å². The molecule has 0 aliphatic carbocycles. The highest BCUT2D eigenvalue weighted by molar-refractivity contribution is 5.58. The van der Waals surface area contributed by atoms with Crippen LogP contribution in [-0.2, 0) is 19.1 Å². The fraction of sp³-hybridized carbons (Fsp3) is 0.444. The molecule has 2 aromatic rings. The first-order valence-corrected chi connectivity index (χ1v) is 5.32. The predicted molar refractivity (Wildman–Crippen MR) is 53.5 cm³/mol. The molecule has 0 bridgehead atoms. The van der Waals surface area contributed by atoms with Crippen LogP contribution in [0.25, 0.3) is 11.5 Å². The molecule has 0 aliphatic heterocycles. The molecule has 1 N–H and O–H groups in total. The van der Waals surface area contributed by atoms with E-state index >= 15 is 0 Å². The average Bonchev–Trinajstić information content (AvgIpc) is 2.92. The highest BCUT2D eigenvalue weighted by Crippen LogP contribution is 2.49. The molecule has 5 nitrogen and oxygen atoms in total. The Morgan fingerprint density at radius 2 is 1.64 bits per heavy atom. The number of aromatic nitrogens is 5. The molecular formula is C9H5F8N5. The van der Waals surface area contributed by atoms with Gasteiger partial charge in [-0.15, -0.1) is 0 Å². The van der Waals surface area contributed by atoms with E-state index in [-0.39, 0.29) is 4.68 Å². The monoisotopic (exact) mass is 335 g/mol. The zero-order valence-corrected chi connectivity index (χ0v) is 10.4. The molecule has 0 atom stereocenters. The lowest BCUT2D eigenvalue weighted by Crippen LogP contribution is -2.36. The van der Waals surface area contributed by atoms with Crippen LogP contribution in [0.1, 0.15) is 11.3 Å². The second-order valence-corrected chi connectivity index (χ2v) is 4.10. The Kier molecular flexibility index (Phi) is 3.41. The Labute approximate surface area is 115 Å². The maximum atomic E-state index is 13.3. The van der Waals surface area contributed by atoms with Crippen molar-refractivity contribution in [1.29, 1.82) is 0 Å². The number of aryl methyl sites for hydroxylation is 1. The average molecular weight is 335 g/mol. The van der Waals surface area contributed by atoms with E-state index in [2.05, 4.69) is 15.2 Å². The lowest BCUT2D eigenvalue weighted by atomic mass is 10.1. The number of nitrogens with one attached hydrogen (secondary N) is 1. The first-order chi connectivity index (χ1) is 9.87. The van der Waals surface area contributed by atoms with Gasteiger partial charge in [0.15, 0.2) is 11.5 Å². The van der Waals surface area contributed by atoms with Crippen molar-refractivity contribution >= 4 is 0 Å². The Morgan fingerprint density at radius 3 is 2.05 bits per heavy atom. The number of aromatic amines is 1. The van der Waals surface area contributed by atoms with E-state index < -0.39 is 41.1 Å². The van der Waals surface area contributed by atoms with E-state index in [1.54, 1.807) is 0 Å². The van der Waals surface area contributed by atoms with Crippen molar-refractivity contribution in [1.82, 2.24) is 25.0 Å². The highest BCUT2D eigenvalue weighted by atomic mass is 19.4. The highest BCUT2D eigenvalue weighted by Gasteiger charge is 2.64. The Hall–Kier alpha value is -2.21. The van der Waals surface area contributed by atoms with Crippen LogP contribution in [0.15, 0.2) is 6.33 Å². The lowest BCUT2D eigenvalue weighted by Gasteiger charge is -2.19. The standard InChI is InChI=1S/C9H5F8N5/c1-22-4(6-18-2-19-20-6)3(8(12,13)14)5(21-22)7(10,11)9(15,16)17/h2H,1H3,(H,18,19,20). The minimum absolute atomic E-state index is 0.234. The van der Waals surface area contributed by atoms with Crippen molar-refractivity contribution in [3.8, 4) is 11.5 Å². The molecule has 0 fully saturated rings.